The molecule has 3 rings (SSSR count). The lowest BCUT2D eigenvalue weighted by Crippen LogP contribution is -2.48. The van der Waals surface area contributed by atoms with Crippen LogP contribution in [0.1, 0.15) is 35.3 Å². The van der Waals surface area contributed by atoms with Crippen molar-refractivity contribution in [3.63, 3.8) is 0 Å². The average Bonchev–Trinajstić information content (AvgIpc) is 2.75. The second-order valence-corrected chi connectivity index (χ2v) is 8.35. The van der Waals surface area contributed by atoms with Crippen LogP contribution in [-0.2, 0) is 13.1 Å². The first-order valence-electron chi connectivity index (χ1n) is 10.4. The van der Waals surface area contributed by atoms with Crippen molar-refractivity contribution < 1.29 is 14.0 Å². The summed E-state index contributed by atoms with van der Waals surface area (Å²) in [5.74, 6) is -0.331. The van der Waals surface area contributed by atoms with Crippen LogP contribution in [-0.4, -0.2) is 54.0 Å². The molecule has 0 radical (unpaired) electrons. The monoisotopic (exact) mass is 446 g/mol. The number of benzene rings is 2. The molecule has 31 heavy (non-hydrogen) atoms. The van der Waals surface area contributed by atoms with Gasteiger partial charge in [-0.3, -0.25) is 9.69 Å². The summed E-state index contributed by atoms with van der Waals surface area (Å²) in [5.41, 5.74) is 2.03. The van der Waals surface area contributed by atoms with Crippen LogP contribution in [0.5, 0.6) is 0 Å². The predicted molar refractivity (Wildman–Crippen MR) is 120 cm³/mol. The Bertz CT molecular complexity index is 892. The van der Waals surface area contributed by atoms with Gasteiger partial charge in [-0.1, -0.05) is 29.8 Å². The summed E-state index contributed by atoms with van der Waals surface area (Å²) < 4.78 is 14.0. The molecule has 0 saturated carbocycles. The van der Waals surface area contributed by atoms with Crippen molar-refractivity contribution in [1.29, 1.82) is 0 Å². The average molecular weight is 447 g/mol. The molecule has 0 spiro atoms. The Morgan fingerprint density at radius 2 is 1.74 bits per heavy atom. The van der Waals surface area contributed by atoms with Crippen LogP contribution in [0, 0.1) is 5.82 Å². The van der Waals surface area contributed by atoms with E-state index in [1.165, 1.54) is 6.07 Å². The molecule has 0 aliphatic carbocycles. The Morgan fingerprint density at radius 3 is 2.35 bits per heavy atom. The standard InChI is InChI=1S/C23H28ClFN4O2/c1-16(2)27-23(31)26-14-17-6-8-18(9-7-17)22(30)29-12-10-28(11-13-29)15-19-20(24)4-3-5-21(19)25/h3-9,16H,10-15H2,1-2H3,(H2,26,27,31). The van der Waals surface area contributed by atoms with Gasteiger partial charge in [0.05, 0.1) is 0 Å². The van der Waals surface area contributed by atoms with Gasteiger partial charge in [-0.05, 0) is 43.7 Å². The van der Waals surface area contributed by atoms with Crippen LogP contribution < -0.4 is 10.6 Å². The van der Waals surface area contributed by atoms with E-state index in [2.05, 4.69) is 15.5 Å². The first kappa shape index (κ1) is 23.0. The largest absolute Gasteiger partial charge is 0.336 e. The molecular weight excluding hydrogens is 419 g/mol. The molecule has 0 bridgehead atoms. The highest BCUT2D eigenvalue weighted by atomic mass is 35.5. The number of nitrogens with one attached hydrogen (secondary N) is 2. The highest BCUT2D eigenvalue weighted by Crippen LogP contribution is 2.21. The maximum absolute atomic E-state index is 14.0. The number of urea groups is 1. The molecule has 2 aromatic rings. The number of hydrogen-bond donors (Lipinski definition) is 2. The molecule has 0 atom stereocenters. The van der Waals surface area contributed by atoms with Crippen molar-refractivity contribution in [2.45, 2.75) is 33.0 Å². The van der Waals surface area contributed by atoms with Gasteiger partial charge >= 0.3 is 6.03 Å². The minimum Gasteiger partial charge on any atom is -0.336 e. The van der Waals surface area contributed by atoms with E-state index in [0.29, 0.717) is 55.4 Å². The molecule has 3 amide bonds. The number of piperazine rings is 1. The molecule has 1 heterocycles. The maximum Gasteiger partial charge on any atom is 0.315 e. The SMILES string of the molecule is CC(C)NC(=O)NCc1ccc(C(=O)N2CCN(Cc3c(F)cccc3Cl)CC2)cc1. The van der Waals surface area contributed by atoms with Gasteiger partial charge in [0, 0.05) is 61.5 Å². The third kappa shape index (κ3) is 6.42. The fourth-order valence-corrected chi connectivity index (χ4v) is 3.68. The number of carbonyl (C=O) groups excluding carboxylic acids is 2. The molecule has 8 heteroatoms. The van der Waals surface area contributed by atoms with E-state index in [-0.39, 0.29) is 23.8 Å². The molecule has 1 aliphatic rings. The highest BCUT2D eigenvalue weighted by Gasteiger charge is 2.23. The second kappa shape index (κ2) is 10.6. The molecule has 1 fully saturated rings. The normalized spacial score (nSPS) is 14.5. The number of halogens is 2. The molecule has 2 aromatic carbocycles. The lowest BCUT2D eigenvalue weighted by molar-refractivity contribution is 0.0627. The van der Waals surface area contributed by atoms with Gasteiger partial charge in [0.2, 0.25) is 0 Å². The number of carbonyl (C=O) groups is 2. The Kier molecular flexibility index (Phi) is 7.87. The fourth-order valence-electron chi connectivity index (χ4n) is 3.46. The molecule has 0 unspecified atom stereocenters. The highest BCUT2D eigenvalue weighted by molar-refractivity contribution is 6.31. The Balaban J connectivity index is 1.49. The first-order valence-corrected chi connectivity index (χ1v) is 10.8. The van der Waals surface area contributed by atoms with Gasteiger partial charge in [-0.25, -0.2) is 9.18 Å². The van der Waals surface area contributed by atoms with Gasteiger partial charge in [-0.2, -0.15) is 0 Å². The number of amides is 3. The van der Waals surface area contributed by atoms with Crippen molar-refractivity contribution in [2.24, 2.45) is 0 Å². The van der Waals surface area contributed by atoms with Crippen molar-refractivity contribution in [1.82, 2.24) is 20.4 Å². The summed E-state index contributed by atoms with van der Waals surface area (Å²) in [6, 6.07) is 11.8. The molecular formula is C23H28ClFN4O2. The quantitative estimate of drug-likeness (QED) is 0.712. The van der Waals surface area contributed by atoms with Crippen LogP contribution in [0.15, 0.2) is 42.5 Å². The minimum absolute atomic E-state index is 0.0272. The van der Waals surface area contributed by atoms with E-state index < -0.39 is 0 Å². The number of hydrogen-bond acceptors (Lipinski definition) is 3. The Morgan fingerprint density at radius 1 is 1.06 bits per heavy atom. The van der Waals surface area contributed by atoms with E-state index in [0.717, 1.165) is 5.56 Å². The second-order valence-electron chi connectivity index (χ2n) is 7.95. The lowest BCUT2D eigenvalue weighted by Gasteiger charge is -2.35. The summed E-state index contributed by atoms with van der Waals surface area (Å²) in [7, 11) is 0. The molecule has 1 aliphatic heterocycles. The van der Waals surface area contributed by atoms with Crippen molar-refractivity contribution in [2.75, 3.05) is 26.2 Å². The zero-order valence-corrected chi connectivity index (χ0v) is 18.6. The van der Waals surface area contributed by atoms with Crippen molar-refractivity contribution in [3.8, 4) is 0 Å². The Labute approximate surface area is 187 Å². The zero-order valence-electron chi connectivity index (χ0n) is 17.8. The van der Waals surface area contributed by atoms with Crippen LogP contribution >= 0.6 is 11.6 Å². The summed E-state index contributed by atoms with van der Waals surface area (Å²) in [5, 5.41) is 5.98. The Hall–Kier alpha value is -2.64. The maximum atomic E-state index is 14.0. The molecule has 166 valence electrons. The van der Waals surface area contributed by atoms with Crippen LogP contribution in [0.4, 0.5) is 9.18 Å². The van der Waals surface area contributed by atoms with E-state index in [1.807, 2.05) is 30.9 Å². The lowest BCUT2D eigenvalue weighted by atomic mass is 10.1. The minimum atomic E-state index is -0.303. The topological polar surface area (TPSA) is 64.7 Å². The predicted octanol–water partition coefficient (Wildman–Crippen LogP) is 3.64. The van der Waals surface area contributed by atoms with Gasteiger partial charge in [0.15, 0.2) is 0 Å². The molecule has 6 nitrogen and oxygen atoms in total. The fraction of sp³-hybridized carbons (Fsp3) is 0.391. The van der Waals surface area contributed by atoms with Gasteiger partial charge in [0.25, 0.3) is 5.91 Å². The van der Waals surface area contributed by atoms with Crippen LogP contribution in [0.25, 0.3) is 0 Å². The van der Waals surface area contributed by atoms with E-state index in [9.17, 15) is 14.0 Å². The van der Waals surface area contributed by atoms with Gasteiger partial charge in [0.1, 0.15) is 5.82 Å². The van der Waals surface area contributed by atoms with Crippen LogP contribution in [0.3, 0.4) is 0 Å². The summed E-state index contributed by atoms with van der Waals surface area (Å²) in [6.07, 6.45) is 0. The number of nitrogens with zero attached hydrogens (tertiary/aromatic N) is 2. The zero-order chi connectivity index (χ0) is 22.4. The molecule has 2 N–H and O–H groups in total. The van der Waals surface area contributed by atoms with E-state index in [4.69, 9.17) is 11.6 Å². The van der Waals surface area contributed by atoms with E-state index >= 15 is 0 Å². The first-order chi connectivity index (χ1) is 14.8. The summed E-state index contributed by atoms with van der Waals surface area (Å²) >= 11 is 6.12. The molecule has 1 saturated heterocycles. The third-order valence-corrected chi connectivity index (χ3v) is 5.53. The summed E-state index contributed by atoms with van der Waals surface area (Å²) in [6.45, 7) is 7.08. The van der Waals surface area contributed by atoms with Gasteiger partial charge < -0.3 is 15.5 Å². The third-order valence-electron chi connectivity index (χ3n) is 5.18. The number of rotatable bonds is 6. The van der Waals surface area contributed by atoms with Gasteiger partial charge in [-0.15, -0.1) is 0 Å². The van der Waals surface area contributed by atoms with E-state index in [1.54, 1.807) is 24.3 Å². The summed E-state index contributed by atoms with van der Waals surface area (Å²) in [4.78, 5) is 28.4. The smallest absolute Gasteiger partial charge is 0.315 e. The van der Waals surface area contributed by atoms with Crippen molar-refractivity contribution >= 4 is 23.5 Å². The van der Waals surface area contributed by atoms with Crippen molar-refractivity contribution in [3.05, 3.63) is 70.0 Å². The molecule has 0 aromatic heterocycles. The van der Waals surface area contributed by atoms with Crippen LogP contribution in [0.2, 0.25) is 5.02 Å².